The molecule has 3 rings (SSSR count). The molecule has 7 nitrogen and oxygen atoms in total. The zero-order valence-electron chi connectivity index (χ0n) is 18.6. The van der Waals surface area contributed by atoms with Crippen LogP contribution in [0.1, 0.15) is 30.9 Å². The maximum Gasteiger partial charge on any atom is 0.332 e. The first-order valence-corrected chi connectivity index (χ1v) is 12.0. The molecule has 33 heavy (non-hydrogen) atoms. The molecular weight excluding hydrogens is 445 g/mol. The van der Waals surface area contributed by atoms with Gasteiger partial charge in [0.15, 0.2) is 0 Å². The van der Waals surface area contributed by atoms with Crippen LogP contribution in [0.4, 0.5) is 14.9 Å². The van der Waals surface area contributed by atoms with E-state index in [0.717, 1.165) is 5.56 Å². The van der Waals surface area contributed by atoms with E-state index in [1.54, 1.807) is 12.1 Å². The number of carbonyl (C=O) groups is 1. The number of urea groups is 1. The summed E-state index contributed by atoms with van der Waals surface area (Å²) in [5.41, 5.74) is 2.63. The summed E-state index contributed by atoms with van der Waals surface area (Å²) in [4.78, 5) is 16.7. The van der Waals surface area contributed by atoms with E-state index in [9.17, 15) is 17.6 Å². The van der Waals surface area contributed by atoms with Crippen molar-refractivity contribution in [3.63, 3.8) is 0 Å². The van der Waals surface area contributed by atoms with E-state index in [2.05, 4.69) is 10.3 Å². The number of amides is 2. The Hall–Kier alpha value is -3.46. The molecule has 0 atom stereocenters. The maximum atomic E-state index is 14.4. The third-order valence-electron chi connectivity index (χ3n) is 5.00. The zero-order chi connectivity index (χ0) is 24.0. The number of aryl methyl sites for hydroxylation is 1. The second-order valence-corrected chi connectivity index (χ2v) is 9.61. The topological polar surface area (TPSA) is 97.4 Å². The predicted molar refractivity (Wildman–Crippen MR) is 126 cm³/mol. The van der Waals surface area contributed by atoms with Crippen LogP contribution in [0.5, 0.6) is 5.88 Å². The molecule has 0 bridgehead atoms. The van der Waals surface area contributed by atoms with Crippen LogP contribution in [0.2, 0.25) is 0 Å². The average Bonchev–Trinajstić information content (AvgIpc) is 2.79. The van der Waals surface area contributed by atoms with E-state index in [4.69, 9.17) is 4.74 Å². The van der Waals surface area contributed by atoms with Crippen LogP contribution in [-0.2, 0) is 16.4 Å². The standard InChI is InChI=1S/C24H26FN3O4S/c1-16(2)20-14-19(25)15-21(18-9-11-26-22(13-18)32-3)23(20)27-24(29)28-33(30,31)12-10-17-7-5-4-6-8-17/h4-9,11,13-16H,10,12H2,1-3H3,(H2,27,28,29). The first-order chi connectivity index (χ1) is 15.7. The molecule has 2 N–H and O–H groups in total. The third kappa shape index (κ3) is 6.52. The second kappa shape index (κ2) is 10.4. The van der Waals surface area contributed by atoms with Gasteiger partial charge in [0.2, 0.25) is 15.9 Å². The Labute approximate surface area is 193 Å². The van der Waals surface area contributed by atoms with Gasteiger partial charge in [-0.2, -0.15) is 0 Å². The molecule has 0 aliphatic heterocycles. The van der Waals surface area contributed by atoms with Gasteiger partial charge in [-0.1, -0.05) is 44.2 Å². The van der Waals surface area contributed by atoms with Crippen molar-refractivity contribution in [2.45, 2.75) is 26.2 Å². The van der Waals surface area contributed by atoms with Crippen molar-refractivity contribution in [3.05, 3.63) is 77.7 Å². The van der Waals surface area contributed by atoms with Crippen molar-refractivity contribution in [2.24, 2.45) is 0 Å². The number of hydrogen-bond acceptors (Lipinski definition) is 5. The van der Waals surface area contributed by atoms with E-state index in [0.29, 0.717) is 28.3 Å². The molecule has 0 spiro atoms. The van der Waals surface area contributed by atoms with Gasteiger partial charge in [0.05, 0.1) is 18.6 Å². The number of benzene rings is 2. The fourth-order valence-corrected chi connectivity index (χ4v) is 4.31. The number of aromatic nitrogens is 1. The summed E-state index contributed by atoms with van der Waals surface area (Å²) in [6.45, 7) is 3.71. The van der Waals surface area contributed by atoms with Gasteiger partial charge in [-0.3, -0.25) is 0 Å². The summed E-state index contributed by atoms with van der Waals surface area (Å²) in [5.74, 6) is -0.555. The van der Waals surface area contributed by atoms with Gasteiger partial charge < -0.3 is 10.1 Å². The first kappa shape index (κ1) is 24.2. The van der Waals surface area contributed by atoms with Crippen LogP contribution in [-0.4, -0.2) is 32.3 Å². The van der Waals surface area contributed by atoms with Gasteiger partial charge in [-0.25, -0.2) is 27.3 Å². The van der Waals surface area contributed by atoms with Crippen LogP contribution in [0.25, 0.3) is 11.1 Å². The molecule has 1 heterocycles. The first-order valence-electron chi connectivity index (χ1n) is 10.4. The lowest BCUT2D eigenvalue weighted by Crippen LogP contribution is -2.36. The van der Waals surface area contributed by atoms with E-state index < -0.39 is 21.9 Å². The fourth-order valence-electron chi connectivity index (χ4n) is 3.37. The highest BCUT2D eigenvalue weighted by Crippen LogP contribution is 2.36. The predicted octanol–water partition coefficient (Wildman–Crippen LogP) is 4.71. The van der Waals surface area contributed by atoms with Gasteiger partial charge in [0, 0.05) is 17.8 Å². The molecular formula is C24H26FN3O4S. The van der Waals surface area contributed by atoms with Crippen molar-refractivity contribution < 1.29 is 22.3 Å². The zero-order valence-corrected chi connectivity index (χ0v) is 19.4. The number of nitrogens with zero attached hydrogens (tertiary/aromatic N) is 1. The second-order valence-electron chi connectivity index (χ2n) is 7.77. The molecule has 2 aromatic carbocycles. The Bertz CT molecular complexity index is 1230. The Morgan fingerprint density at radius 2 is 1.85 bits per heavy atom. The molecule has 0 fully saturated rings. The summed E-state index contributed by atoms with van der Waals surface area (Å²) < 4.78 is 46.6. The number of pyridine rings is 1. The number of halogens is 1. The number of rotatable bonds is 8. The number of nitrogens with one attached hydrogen (secondary N) is 2. The molecule has 0 saturated heterocycles. The normalized spacial score (nSPS) is 11.3. The number of ether oxygens (including phenoxy) is 1. The van der Waals surface area contributed by atoms with Crippen molar-refractivity contribution >= 4 is 21.7 Å². The lowest BCUT2D eigenvalue weighted by molar-refractivity contribution is 0.256. The number of hydrogen-bond donors (Lipinski definition) is 2. The maximum absolute atomic E-state index is 14.4. The molecule has 0 saturated carbocycles. The monoisotopic (exact) mass is 471 g/mol. The summed E-state index contributed by atoms with van der Waals surface area (Å²) in [6, 6.07) is 14.1. The largest absolute Gasteiger partial charge is 0.481 e. The van der Waals surface area contributed by atoms with Crippen molar-refractivity contribution in [3.8, 4) is 17.0 Å². The van der Waals surface area contributed by atoms with E-state index in [1.807, 2.05) is 48.9 Å². The molecule has 9 heteroatoms. The smallest absolute Gasteiger partial charge is 0.332 e. The number of methoxy groups -OCH3 is 1. The van der Waals surface area contributed by atoms with Gasteiger partial charge >= 0.3 is 6.03 Å². The highest BCUT2D eigenvalue weighted by Gasteiger charge is 2.21. The number of anilines is 1. The van der Waals surface area contributed by atoms with Gasteiger partial charge in [0.25, 0.3) is 0 Å². The molecule has 2 amide bonds. The molecule has 3 aromatic rings. The number of sulfonamides is 1. The Morgan fingerprint density at radius 1 is 1.12 bits per heavy atom. The van der Waals surface area contributed by atoms with Crippen LogP contribution >= 0.6 is 0 Å². The van der Waals surface area contributed by atoms with Crippen molar-refractivity contribution in [2.75, 3.05) is 18.2 Å². The number of carbonyl (C=O) groups excluding carboxylic acids is 1. The van der Waals surface area contributed by atoms with Crippen LogP contribution in [0, 0.1) is 5.82 Å². The van der Waals surface area contributed by atoms with Crippen LogP contribution in [0.15, 0.2) is 60.8 Å². The van der Waals surface area contributed by atoms with Gasteiger partial charge in [-0.15, -0.1) is 0 Å². The van der Waals surface area contributed by atoms with Crippen molar-refractivity contribution in [1.29, 1.82) is 0 Å². The van der Waals surface area contributed by atoms with Gasteiger partial charge in [-0.05, 0) is 47.2 Å². The Morgan fingerprint density at radius 3 is 2.52 bits per heavy atom. The highest BCUT2D eigenvalue weighted by molar-refractivity contribution is 7.90. The minimum absolute atomic E-state index is 0.145. The lowest BCUT2D eigenvalue weighted by Gasteiger charge is -2.19. The fraction of sp³-hybridized carbons (Fsp3) is 0.250. The molecule has 174 valence electrons. The van der Waals surface area contributed by atoms with E-state index >= 15 is 0 Å². The molecule has 0 aliphatic rings. The molecule has 0 aliphatic carbocycles. The summed E-state index contributed by atoms with van der Waals surface area (Å²) in [6.07, 6.45) is 1.77. The third-order valence-corrected chi connectivity index (χ3v) is 6.24. The SMILES string of the molecule is COc1cc(-c2cc(F)cc(C(C)C)c2NC(=O)NS(=O)(=O)CCc2ccccc2)ccn1. The van der Waals surface area contributed by atoms with E-state index in [-0.39, 0.29) is 18.1 Å². The lowest BCUT2D eigenvalue weighted by atomic mass is 9.94. The summed E-state index contributed by atoms with van der Waals surface area (Å²) >= 11 is 0. The average molecular weight is 472 g/mol. The Kier molecular flexibility index (Phi) is 7.65. The minimum atomic E-state index is -3.89. The quantitative estimate of drug-likeness (QED) is 0.496. The summed E-state index contributed by atoms with van der Waals surface area (Å²) in [7, 11) is -2.43. The van der Waals surface area contributed by atoms with Gasteiger partial charge in [0.1, 0.15) is 5.82 Å². The summed E-state index contributed by atoms with van der Waals surface area (Å²) in [5, 5.41) is 2.62. The van der Waals surface area contributed by atoms with E-state index in [1.165, 1.54) is 25.4 Å². The minimum Gasteiger partial charge on any atom is -0.481 e. The highest BCUT2D eigenvalue weighted by atomic mass is 32.2. The van der Waals surface area contributed by atoms with Crippen LogP contribution in [0.3, 0.4) is 0 Å². The molecule has 0 unspecified atom stereocenters. The molecule has 0 radical (unpaired) electrons. The van der Waals surface area contributed by atoms with Crippen LogP contribution < -0.4 is 14.8 Å². The Balaban J connectivity index is 1.87. The van der Waals surface area contributed by atoms with Crippen molar-refractivity contribution in [1.82, 2.24) is 9.71 Å². The molecule has 1 aromatic heterocycles.